The zero-order valence-electron chi connectivity index (χ0n) is 47.4. The molecule has 3 aliphatic rings. The fourth-order valence-electron chi connectivity index (χ4n) is 8.87. The van der Waals surface area contributed by atoms with E-state index < -0.39 is 0 Å². The number of benzene rings is 2. The molecule has 420 valence electrons. The molecule has 0 aliphatic heterocycles. The van der Waals surface area contributed by atoms with Crippen LogP contribution in [0.3, 0.4) is 0 Å². The maximum Gasteiger partial charge on any atom is 0.186 e. The Morgan fingerprint density at radius 3 is 1.57 bits per heavy atom. The molecule has 0 radical (unpaired) electrons. The summed E-state index contributed by atoms with van der Waals surface area (Å²) in [6, 6.07) is 22.6. The first-order valence-corrected chi connectivity index (χ1v) is 27.8. The summed E-state index contributed by atoms with van der Waals surface area (Å²) in [6.45, 7) is 18.7. The first kappa shape index (κ1) is 66.6. The van der Waals surface area contributed by atoms with E-state index in [4.69, 9.17) is 57.3 Å². The monoisotopic (exact) mass is 1040 g/mol. The van der Waals surface area contributed by atoms with E-state index in [2.05, 4.69) is 101 Å². The summed E-state index contributed by atoms with van der Waals surface area (Å²) in [5, 5.41) is 0. The lowest BCUT2D eigenvalue weighted by Crippen LogP contribution is -2.27. The van der Waals surface area contributed by atoms with Crippen molar-refractivity contribution in [2.24, 2.45) is 117 Å². The highest BCUT2D eigenvalue weighted by Gasteiger charge is 2.21. The molecule has 0 bridgehead atoms. The summed E-state index contributed by atoms with van der Waals surface area (Å²) < 4.78 is 0. The molecule has 0 saturated heterocycles. The Bertz CT molecular complexity index is 2080. The molecule has 17 heteroatoms. The number of guanidine groups is 4. The van der Waals surface area contributed by atoms with E-state index in [1.807, 2.05) is 49.4 Å². The Morgan fingerprint density at radius 2 is 1.05 bits per heavy atom. The van der Waals surface area contributed by atoms with Crippen molar-refractivity contribution >= 4 is 35.5 Å². The Morgan fingerprint density at radius 1 is 0.507 bits per heavy atom. The van der Waals surface area contributed by atoms with Crippen LogP contribution in [-0.4, -0.2) is 66.2 Å². The summed E-state index contributed by atoms with van der Waals surface area (Å²) in [4.78, 5) is 28.6. The third-order valence-electron chi connectivity index (χ3n) is 13.6. The number of amidine groups is 2. The molecule has 3 fully saturated rings. The van der Waals surface area contributed by atoms with Crippen LogP contribution < -0.4 is 57.3 Å². The SMILES string of the molecule is CC1CCC(N=C(N)N)CC1.CCC1CCC(CN=C(C)N)CC1.CCC1CCCC(CN=C(N)N)C1.CCCN=C(N)c1ccccn1.CCc1ccc(CN=C(N)N)cc1.CCc1cccc(CN=C(N)N)c1. The molecule has 17 nitrogen and oxygen atoms in total. The van der Waals surface area contributed by atoms with Crippen molar-refractivity contribution in [1.29, 1.82) is 0 Å². The van der Waals surface area contributed by atoms with Crippen LogP contribution in [0.15, 0.2) is 103 Å². The first-order chi connectivity index (χ1) is 35.9. The summed E-state index contributed by atoms with van der Waals surface area (Å²) in [6.07, 6.45) is 23.2. The average Bonchev–Trinajstić information content (AvgIpc) is 3.42. The van der Waals surface area contributed by atoms with Crippen LogP contribution >= 0.6 is 0 Å². The van der Waals surface area contributed by atoms with Gasteiger partial charge in [-0.2, -0.15) is 0 Å². The highest BCUT2D eigenvalue weighted by Crippen LogP contribution is 2.32. The smallest absolute Gasteiger partial charge is 0.186 e. The molecular weight excluding hydrogens is 935 g/mol. The largest absolute Gasteiger partial charge is 0.388 e. The number of aryl methyl sites for hydroxylation is 2. The van der Waals surface area contributed by atoms with Crippen molar-refractivity contribution in [3.05, 3.63) is 101 Å². The molecule has 6 rings (SSSR count). The highest BCUT2D eigenvalue weighted by atomic mass is 15.0. The number of nitrogens with two attached hydrogens (primary N) is 10. The number of hydrogen-bond donors (Lipinski definition) is 10. The van der Waals surface area contributed by atoms with Gasteiger partial charge in [0, 0.05) is 25.8 Å². The van der Waals surface area contributed by atoms with Gasteiger partial charge in [-0.25, -0.2) is 9.98 Å². The molecule has 20 N–H and O–H groups in total. The fourth-order valence-corrected chi connectivity index (χ4v) is 8.87. The average molecular weight is 1040 g/mol. The summed E-state index contributed by atoms with van der Waals surface area (Å²) in [5.41, 5.74) is 59.0. The maximum absolute atomic E-state index is 5.67. The Labute approximate surface area is 453 Å². The van der Waals surface area contributed by atoms with Crippen LogP contribution in [0.2, 0.25) is 0 Å². The van der Waals surface area contributed by atoms with Crippen molar-refractivity contribution in [3.63, 3.8) is 0 Å². The third kappa shape index (κ3) is 34.7. The van der Waals surface area contributed by atoms with Crippen LogP contribution in [0.5, 0.6) is 0 Å². The van der Waals surface area contributed by atoms with Gasteiger partial charge in [-0.1, -0.05) is 135 Å². The summed E-state index contributed by atoms with van der Waals surface area (Å²) in [7, 11) is 0. The molecule has 3 aromatic rings. The van der Waals surface area contributed by atoms with Crippen LogP contribution in [0.4, 0.5) is 0 Å². The van der Waals surface area contributed by atoms with Gasteiger partial charge in [0.05, 0.1) is 25.0 Å². The van der Waals surface area contributed by atoms with Gasteiger partial charge in [-0.15, -0.1) is 0 Å². The van der Waals surface area contributed by atoms with Crippen molar-refractivity contribution in [2.75, 3.05) is 19.6 Å². The van der Waals surface area contributed by atoms with Gasteiger partial charge >= 0.3 is 0 Å². The Kier molecular flexibility index (Phi) is 36.4. The van der Waals surface area contributed by atoms with E-state index in [1.165, 1.54) is 88.2 Å². The van der Waals surface area contributed by atoms with Gasteiger partial charge in [-0.3, -0.25) is 25.0 Å². The number of nitrogens with zero attached hydrogens (tertiary/aromatic N) is 7. The van der Waals surface area contributed by atoms with Crippen molar-refractivity contribution in [2.45, 2.75) is 177 Å². The third-order valence-corrected chi connectivity index (χ3v) is 13.6. The second-order valence-electron chi connectivity index (χ2n) is 20.1. The van der Waals surface area contributed by atoms with E-state index in [1.54, 1.807) is 6.20 Å². The highest BCUT2D eigenvalue weighted by molar-refractivity contribution is 5.95. The predicted molar refractivity (Wildman–Crippen MR) is 322 cm³/mol. The van der Waals surface area contributed by atoms with E-state index in [0.717, 1.165) is 104 Å². The molecule has 2 unspecified atom stereocenters. The lowest BCUT2D eigenvalue weighted by Gasteiger charge is -2.27. The maximum atomic E-state index is 5.67. The van der Waals surface area contributed by atoms with E-state index in [-0.39, 0.29) is 23.8 Å². The van der Waals surface area contributed by atoms with Crippen LogP contribution in [0, 0.1) is 29.6 Å². The molecule has 0 spiro atoms. The second-order valence-corrected chi connectivity index (χ2v) is 20.1. The first-order valence-electron chi connectivity index (χ1n) is 27.8. The lowest BCUT2D eigenvalue weighted by atomic mass is 9.80. The number of pyridine rings is 1. The lowest BCUT2D eigenvalue weighted by molar-refractivity contribution is 0.266. The zero-order chi connectivity index (χ0) is 55.8. The van der Waals surface area contributed by atoms with Crippen LogP contribution in [-0.2, 0) is 25.9 Å². The quantitative estimate of drug-likeness (QED) is 0.0482. The Hall–Kier alpha value is -6.39. The minimum atomic E-state index is 0.138. The molecule has 2 aromatic carbocycles. The van der Waals surface area contributed by atoms with Gasteiger partial charge in [0.25, 0.3) is 0 Å². The topological polar surface area (TPSA) is 347 Å². The van der Waals surface area contributed by atoms with Gasteiger partial charge in [0.1, 0.15) is 11.5 Å². The van der Waals surface area contributed by atoms with Gasteiger partial charge in [0.15, 0.2) is 23.8 Å². The van der Waals surface area contributed by atoms with E-state index >= 15 is 0 Å². The van der Waals surface area contributed by atoms with Crippen molar-refractivity contribution in [3.8, 4) is 0 Å². The minimum absolute atomic E-state index is 0.138. The molecule has 75 heavy (non-hydrogen) atoms. The van der Waals surface area contributed by atoms with Crippen molar-refractivity contribution in [1.82, 2.24) is 4.98 Å². The Balaban J connectivity index is 0.000000450. The minimum Gasteiger partial charge on any atom is -0.388 e. The molecule has 1 heterocycles. The standard InChI is InChI=1S/C11H22N2.C10H15N3.C10H21N3.C10H15N3.C9H13N3.C8H17N3/c1-3-10-4-6-11(7-5-10)8-13-9(2)12;1-2-8-3-5-9(6-4-8)7-13-10(11)12;2*1-2-8-4-3-5-9(6-8)7-13-10(11)12;1-2-6-12-9(10)8-5-3-4-7-11-8;1-6-2-4-7(5-3-6)11-8(9)10/h10-11H,3-8H2,1-2H3,(H2,12,13);3-6H,2,7H2,1H3,(H4,11,12,13);8-9H,2-7H2,1H3,(H4,11,12,13);3-6H,2,7H2,1H3,(H4,11,12,13);3-5,7H,2,6H2,1H3,(H2,10,12);6-7H,2-5H2,1H3,(H4,9,10,11). The van der Waals surface area contributed by atoms with Gasteiger partial charge in [-0.05, 0) is 142 Å². The summed E-state index contributed by atoms with van der Waals surface area (Å²) >= 11 is 0. The van der Waals surface area contributed by atoms with E-state index in [9.17, 15) is 0 Å². The van der Waals surface area contributed by atoms with Crippen LogP contribution in [0.25, 0.3) is 0 Å². The van der Waals surface area contributed by atoms with Gasteiger partial charge in [0.2, 0.25) is 0 Å². The molecule has 3 saturated carbocycles. The molecule has 3 aliphatic carbocycles. The molecule has 2 atom stereocenters. The number of rotatable bonds is 16. The van der Waals surface area contributed by atoms with E-state index in [0.29, 0.717) is 25.0 Å². The number of hydrogen-bond acceptors (Lipinski definition) is 7. The fraction of sp³-hybridized carbons (Fsp3) is 0.603. The summed E-state index contributed by atoms with van der Waals surface area (Å²) in [5.74, 6) is 6.30. The molecular formula is C58H103N17. The normalized spacial score (nSPS) is 20.0. The van der Waals surface area contributed by atoms with Gasteiger partial charge < -0.3 is 57.3 Å². The number of aromatic nitrogens is 1. The molecule has 0 amide bonds. The van der Waals surface area contributed by atoms with Crippen molar-refractivity contribution < 1.29 is 0 Å². The van der Waals surface area contributed by atoms with Crippen LogP contribution in [0.1, 0.15) is 173 Å². The zero-order valence-corrected chi connectivity index (χ0v) is 47.4. The second kappa shape index (κ2) is 40.9. The number of aliphatic imine (C=N–C) groups is 6. The molecule has 1 aromatic heterocycles. The predicted octanol–water partition coefficient (Wildman–Crippen LogP) is 8.14.